The number of ether oxygens (including phenoxy) is 1. The van der Waals surface area contributed by atoms with Crippen molar-refractivity contribution in [1.82, 2.24) is 0 Å². The van der Waals surface area contributed by atoms with Gasteiger partial charge in [-0.2, -0.15) is 0 Å². The molecule has 0 spiro atoms. The van der Waals surface area contributed by atoms with Gasteiger partial charge in [0, 0.05) is 18.0 Å². The third-order valence-corrected chi connectivity index (χ3v) is 4.59. The fraction of sp³-hybridized carbons (Fsp3) is 0.625. The average Bonchev–Trinajstić information content (AvgIpc) is 2.39. The topological polar surface area (TPSA) is 35.2 Å². The molecule has 1 aromatic carbocycles. The SMILES string of the molecule is CC1CCCC(C2C[C@@H](N)c3ccccc3O2)C1. The van der Waals surface area contributed by atoms with Crippen LogP contribution in [0.25, 0.3) is 0 Å². The Labute approximate surface area is 110 Å². The molecule has 1 aliphatic carbocycles. The molecule has 3 rings (SSSR count). The van der Waals surface area contributed by atoms with Crippen molar-refractivity contribution in [1.29, 1.82) is 0 Å². The number of para-hydroxylation sites is 1. The van der Waals surface area contributed by atoms with Crippen LogP contribution in [0.4, 0.5) is 0 Å². The van der Waals surface area contributed by atoms with Crippen LogP contribution in [0.2, 0.25) is 0 Å². The Balaban J connectivity index is 1.77. The number of nitrogens with two attached hydrogens (primary N) is 1. The predicted octanol–water partition coefficient (Wildman–Crippen LogP) is 3.66. The van der Waals surface area contributed by atoms with E-state index < -0.39 is 0 Å². The van der Waals surface area contributed by atoms with Crippen molar-refractivity contribution in [2.45, 2.75) is 51.2 Å². The van der Waals surface area contributed by atoms with Gasteiger partial charge < -0.3 is 10.5 Å². The summed E-state index contributed by atoms with van der Waals surface area (Å²) in [5, 5.41) is 0. The number of hydrogen-bond donors (Lipinski definition) is 1. The summed E-state index contributed by atoms with van der Waals surface area (Å²) in [5.41, 5.74) is 7.48. The van der Waals surface area contributed by atoms with Crippen LogP contribution in [0, 0.1) is 11.8 Å². The van der Waals surface area contributed by atoms with E-state index in [-0.39, 0.29) is 6.04 Å². The number of rotatable bonds is 1. The monoisotopic (exact) mass is 245 g/mol. The van der Waals surface area contributed by atoms with Crippen molar-refractivity contribution in [3.63, 3.8) is 0 Å². The molecule has 98 valence electrons. The van der Waals surface area contributed by atoms with E-state index in [2.05, 4.69) is 19.1 Å². The highest BCUT2D eigenvalue weighted by Crippen LogP contribution is 2.40. The van der Waals surface area contributed by atoms with Gasteiger partial charge in [-0.25, -0.2) is 0 Å². The maximum absolute atomic E-state index is 6.30. The van der Waals surface area contributed by atoms with E-state index in [1.165, 1.54) is 31.2 Å². The highest BCUT2D eigenvalue weighted by atomic mass is 16.5. The Bertz CT molecular complexity index is 417. The first kappa shape index (κ1) is 12.0. The molecular formula is C16H23NO. The molecule has 1 saturated carbocycles. The minimum atomic E-state index is 0.150. The largest absolute Gasteiger partial charge is 0.490 e. The Kier molecular flexibility index (Phi) is 3.29. The van der Waals surface area contributed by atoms with Crippen LogP contribution < -0.4 is 10.5 Å². The Morgan fingerprint density at radius 2 is 2.00 bits per heavy atom. The second kappa shape index (κ2) is 4.93. The predicted molar refractivity (Wildman–Crippen MR) is 73.5 cm³/mol. The van der Waals surface area contributed by atoms with Gasteiger partial charge in [0.15, 0.2) is 0 Å². The summed E-state index contributed by atoms with van der Waals surface area (Å²) in [6.45, 7) is 2.36. The van der Waals surface area contributed by atoms with Crippen molar-refractivity contribution in [3.8, 4) is 5.75 Å². The lowest BCUT2D eigenvalue weighted by Gasteiger charge is -2.38. The van der Waals surface area contributed by atoms with E-state index in [1.54, 1.807) is 0 Å². The molecule has 1 fully saturated rings. The molecule has 2 heteroatoms. The summed E-state index contributed by atoms with van der Waals surface area (Å²) in [6, 6.07) is 8.40. The fourth-order valence-corrected chi connectivity index (χ4v) is 3.59. The smallest absolute Gasteiger partial charge is 0.124 e. The van der Waals surface area contributed by atoms with Gasteiger partial charge in [0.05, 0.1) is 0 Å². The van der Waals surface area contributed by atoms with Crippen molar-refractivity contribution in [2.75, 3.05) is 0 Å². The first-order valence-corrected chi connectivity index (χ1v) is 7.25. The number of fused-ring (bicyclic) bond motifs is 1. The van der Waals surface area contributed by atoms with Gasteiger partial charge in [0.1, 0.15) is 11.9 Å². The van der Waals surface area contributed by atoms with Crippen molar-refractivity contribution >= 4 is 0 Å². The second-order valence-corrected chi connectivity index (χ2v) is 6.07. The lowest BCUT2D eigenvalue weighted by molar-refractivity contribution is 0.0666. The first-order valence-electron chi connectivity index (χ1n) is 7.25. The molecule has 0 aromatic heterocycles. The molecule has 0 saturated heterocycles. The normalized spacial score (nSPS) is 35.7. The third-order valence-electron chi connectivity index (χ3n) is 4.59. The molecule has 2 nitrogen and oxygen atoms in total. The van der Waals surface area contributed by atoms with Gasteiger partial charge in [-0.05, 0) is 30.7 Å². The summed E-state index contributed by atoms with van der Waals surface area (Å²) >= 11 is 0. The first-order chi connectivity index (χ1) is 8.74. The van der Waals surface area contributed by atoms with Crippen LogP contribution >= 0.6 is 0 Å². The maximum Gasteiger partial charge on any atom is 0.124 e. The van der Waals surface area contributed by atoms with E-state index in [9.17, 15) is 0 Å². The number of hydrogen-bond acceptors (Lipinski definition) is 2. The van der Waals surface area contributed by atoms with Crippen molar-refractivity contribution < 1.29 is 4.74 Å². The highest BCUT2D eigenvalue weighted by molar-refractivity contribution is 5.37. The van der Waals surface area contributed by atoms with Gasteiger partial charge in [-0.3, -0.25) is 0 Å². The van der Waals surface area contributed by atoms with Crippen LogP contribution in [-0.4, -0.2) is 6.10 Å². The fourth-order valence-electron chi connectivity index (χ4n) is 3.59. The van der Waals surface area contributed by atoms with Crippen LogP contribution in [0.5, 0.6) is 5.75 Å². The molecule has 18 heavy (non-hydrogen) atoms. The van der Waals surface area contributed by atoms with Gasteiger partial charge in [-0.15, -0.1) is 0 Å². The quantitative estimate of drug-likeness (QED) is 0.819. The molecule has 2 N–H and O–H groups in total. The van der Waals surface area contributed by atoms with E-state index in [0.29, 0.717) is 12.0 Å². The zero-order valence-electron chi connectivity index (χ0n) is 11.1. The molecule has 0 amide bonds. The number of benzene rings is 1. The summed E-state index contributed by atoms with van der Waals surface area (Å²) in [7, 11) is 0. The standard InChI is InChI=1S/C16H23NO/c1-11-5-4-6-12(9-11)16-10-14(17)13-7-2-3-8-15(13)18-16/h2-3,7-8,11-12,14,16H,4-6,9-10,17H2,1H3/t11?,12?,14-,16?/m1/s1. The van der Waals surface area contributed by atoms with E-state index >= 15 is 0 Å². The molecule has 3 unspecified atom stereocenters. The third kappa shape index (κ3) is 2.26. The van der Waals surface area contributed by atoms with Gasteiger partial charge >= 0.3 is 0 Å². The molecule has 1 aliphatic heterocycles. The lowest BCUT2D eigenvalue weighted by atomic mass is 9.77. The summed E-state index contributed by atoms with van der Waals surface area (Å²) in [5.74, 6) is 2.56. The maximum atomic E-state index is 6.30. The van der Waals surface area contributed by atoms with Crippen LogP contribution in [0.3, 0.4) is 0 Å². The van der Waals surface area contributed by atoms with Crippen molar-refractivity contribution in [3.05, 3.63) is 29.8 Å². The minimum absolute atomic E-state index is 0.150. The Morgan fingerprint density at radius 3 is 2.83 bits per heavy atom. The second-order valence-electron chi connectivity index (χ2n) is 6.07. The zero-order valence-corrected chi connectivity index (χ0v) is 11.1. The van der Waals surface area contributed by atoms with Gasteiger partial charge in [-0.1, -0.05) is 38.0 Å². The summed E-state index contributed by atoms with van der Waals surface area (Å²) < 4.78 is 6.21. The summed E-state index contributed by atoms with van der Waals surface area (Å²) in [6.07, 6.45) is 6.66. The van der Waals surface area contributed by atoms with Crippen LogP contribution in [-0.2, 0) is 0 Å². The average molecular weight is 245 g/mol. The minimum Gasteiger partial charge on any atom is -0.490 e. The Hall–Kier alpha value is -1.02. The Morgan fingerprint density at radius 1 is 1.17 bits per heavy atom. The van der Waals surface area contributed by atoms with E-state index in [1.807, 2.05) is 12.1 Å². The molecule has 1 heterocycles. The molecule has 0 radical (unpaired) electrons. The molecule has 1 aromatic rings. The zero-order chi connectivity index (χ0) is 12.5. The van der Waals surface area contributed by atoms with Gasteiger partial charge in [0.25, 0.3) is 0 Å². The molecule has 4 atom stereocenters. The summed E-state index contributed by atoms with van der Waals surface area (Å²) in [4.78, 5) is 0. The van der Waals surface area contributed by atoms with E-state index in [0.717, 1.165) is 18.1 Å². The molecule has 0 bridgehead atoms. The van der Waals surface area contributed by atoms with Crippen LogP contribution in [0.15, 0.2) is 24.3 Å². The van der Waals surface area contributed by atoms with Gasteiger partial charge in [0.2, 0.25) is 0 Å². The molecular weight excluding hydrogens is 222 g/mol. The molecule has 2 aliphatic rings. The van der Waals surface area contributed by atoms with Crippen LogP contribution in [0.1, 0.15) is 50.6 Å². The highest BCUT2D eigenvalue weighted by Gasteiger charge is 2.33. The van der Waals surface area contributed by atoms with E-state index in [4.69, 9.17) is 10.5 Å². The lowest BCUT2D eigenvalue weighted by Crippen LogP contribution is -2.37. The van der Waals surface area contributed by atoms with Crippen molar-refractivity contribution in [2.24, 2.45) is 17.6 Å².